The summed E-state index contributed by atoms with van der Waals surface area (Å²) in [5.41, 5.74) is 5.18. The zero-order valence-corrected chi connectivity index (χ0v) is 9.06. The molecule has 0 aromatic carbocycles. The first-order valence-electron chi connectivity index (χ1n) is 5.79. The average Bonchev–Trinajstić information content (AvgIpc) is 2.83. The smallest absolute Gasteiger partial charge is 0.230 e. The fraction of sp³-hybridized carbons (Fsp3) is 0.727. The number of nitrogens with two attached hydrogens (primary N) is 1. The lowest BCUT2D eigenvalue weighted by Crippen LogP contribution is -2.49. The molecule has 3 saturated carbocycles. The summed E-state index contributed by atoms with van der Waals surface area (Å²) in [6.45, 7) is 0. The highest BCUT2D eigenvalue weighted by Crippen LogP contribution is 2.57. The molecular formula is C11H15N3O2. The normalized spacial score (nSPS) is 37.5. The summed E-state index contributed by atoms with van der Waals surface area (Å²) in [6.07, 6.45) is 6.32. The Hall–Kier alpha value is -1.39. The van der Waals surface area contributed by atoms with Gasteiger partial charge >= 0.3 is 0 Å². The molecule has 1 aromatic rings. The second-order valence-corrected chi connectivity index (χ2v) is 5.03. The van der Waals surface area contributed by atoms with Crippen molar-refractivity contribution in [3.63, 3.8) is 0 Å². The highest BCUT2D eigenvalue weighted by molar-refractivity contribution is 5.82. The standard InChI is InChI=1S/C11H15N3O2/c12-10(15)11-3-1-7(2-4-11)5-8(11)9-13-6-14-16-9/h6-8H,1-5H2,(H2,12,15). The van der Waals surface area contributed by atoms with E-state index in [1.54, 1.807) is 0 Å². The van der Waals surface area contributed by atoms with Crippen LogP contribution in [0.4, 0.5) is 0 Å². The van der Waals surface area contributed by atoms with Gasteiger partial charge in [0.25, 0.3) is 0 Å². The van der Waals surface area contributed by atoms with Crippen molar-refractivity contribution >= 4 is 5.91 Å². The summed E-state index contributed by atoms with van der Waals surface area (Å²) >= 11 is 0. The molecular weight excluding hydrogens is 206 g/mol. The number of carbonyl (C=O) groups excluding carboxylic acids is 1. The highest BCUT2D eigenvalue weighted by Gasteiger charge is 2.54. The van der Waals surface area contributed by atoms with Crippen molar-refractivity contribution < 1.29 is 9.32 Å². The van der Waals surface area contributed by atoms with Gasteiger partial charge in [-0.1, -0.05) is 5.16 Å². The van der Waals surface area contributed by atoms with Gasteiger partial charge in [0.1, 0.15) is 0 Å². The maximum Gasteiger partial charge on any atom is 0.230 e. The number of nitrogens with zero attached hydrogens (tertiary/aromatic N) is 2. The molecule has 86 valence electrons. The molecule has 3 fully saturated rings. The van der Waals surface area contributed by atoms with E-state index in [-0.39, 0.29) is 11.8 Å². The van der Waals surface area contributed by atoms with Gasteiger partial charge in [0, 0.05) is 0 Å². The monoisotopic (exact) mass is 221 g/mol. The van der Waals surface area contributed by atoms with E-state index >= 15 is 0 Å². The summed E-state index contributed by atoms with van der Waals surface area (Å²) in [7, 11) is 0. The second kappa shape index (κ2) is 3.30. The summed E-state index contributed by atoms with van der Waals surface area (Å²) in [6, 6.07) is 0. The van der Waals surface area contributed by atoms with Gasteiger partial charge in [-0.15, -0.1) is 0 Å². The summed E-state index contributed by atoms with van der Waals surface area (Å²) in [5, 5.41) is 3.63. The first kappa shape index (κ1) is 9.81. The maximum atomic E-state index is 11.8. The van der Waals surface area contributed by atoms with Gasteiger partial charge < -0.3 is 10.3 Å². The third-order valence-electron chi connectivity index (χ3n) is 4.40. The van der Waals surface area contributed by atoms with Crippen molar-refractivity contribution in [1.29, 1.82) is 0 Å². The third-order valence-corrected chi connectivity index (χ3v) is 4.40. The molecule has 1 amide bonds. The molecule has 2 bridgehead atoms. The van der Waals surface area contributed by atoms with Gasteiger partial charge in [0.15, 0.2) is 6.33 Å². The minimum atomic E-state index is -0.429. The Bertz CT molecular complexity index is 393. The number of hydrogen-bond acceptors (Lipinski definition) is 4. The van der Waals surface area contributed by atoms with Crippen LogP contribution in [-0.2, 0) is 4.79 Å². The average molecular weight is 221 g/mol. The van der Waals surface area contributed by atoms with E-state index in [0.29, 0.717) is 11.8 Å². The van der Waals surface area contributed by atoms with Gasteiger partial charge in [-0.05, 0) is 38.0 Å². The molecule has 1 heterocycles. The Morgan fingerprint density at radius 1 is 1.50 bits per heavy atom. The van der Waals surface area contributed by atoms with Gasteiger partial charge in [0.2, 0.25) is 11.8 Å². The largest absolute Gasteiger partial charge is 0.369 e. The van der Waals surface area contributed by atoms with E-state index in [1.165, 1.54) is 6.33 Å². The molecule has 0 aliphatic heterocycles. The van der Waals surface area contributed by atoms with E-state index in [2.05, 4.69) is 10.1 Å². The zero-order chi connectivity index (χ0) is 11.2. The molecule has 1 unspecified atom stereocenters. The maximum absolute atomic E-state index is 11.8. The quantitative estimate of drug-likeness (QED) is 0.814. The molecule has 1 aromatic heterocycles. The predicted molar refractivity (Wildman–Crippen MR) is 55.2 cm³/mol. The van der Waals surface area contributed by atoms with Crippen LogP contribution < -0.4 is 5.73 Å². The fourth-order valence-corrected chi connectivity index (χ4v) is 3.43. The summed E-state index contributed by atoms with van der Waals surface area (Å²) in [5.74, 6) is 1.12. The fourth-order valence-electron chi connectivity index (χ4n) is 3.43. The highest BCUT2D eigenvalue weighted by atomic mass is 16.5. The van der Waals surface area contributed by atoms with Crippen LogP contribution in [0.3, 0.4) is 0 Å². The van der Waals surface area contributed by atoms with E-state index < -0.39 is 5.41 Å². The number of hydrogen-bond donors (Lipinski definition) is 1. The lowest BCUT2D eigenvalue weighted by Gasteiger charge is -2.48. The van der Waals surface area contributed by atoms with Crippen LogP contribution in [0.15, 0.2) is 10.9 Å². The van der Waals surface area contributed by atoms with Crippen LogP contribution in [0.1, 0.15) is 43.9 Å². The minimum absolute atomic E-state index is 0.0417. The molecule has 0 radical (unpaired) electrons. The summed E-state index contributed by atoms with van der Waals surface area (Å²) in [4.78, 5) is 15.9. The Morgan fingerprint density at radius 3 is 2.81 bits per heavy atom. The lowest BCUT2D eigenvalue weighted by molar-refractivity contribution is -0.136. The molecule has 2 N–H and O–H groups in total. The van der Waals surface area contributed by atoms with Gasteiger partial charge in [-0.25, -0.2) is 0 Å². The molecule has 1 atom stereocenters. The molecule has 5 heteroatoms. The van der Waals surface area contributed by atoms with Crippen molar-refractivity contribution in [2.75, 3.05) is 0 Å². The number of primary amides is 1. The van der Waals surface area contributed by atoms with Crippen LogP contribution in [0.5, 0.6) is 0 Å². The van der Waals surface area contributed by atoms with Crippen LogP contribution in [0.25, 0.3) is 0 Å². The Balaban J connectivity index is 2.00. The van der Waals surface area contributed by atoms with E-state index in [0.717, 1.165) is 32.1 Å². The van der Waals surface area contributed by atoms with Gasteiger partial charge in [-0.3, -0.25) is 4.79 Å². The number of aromatic nitrogens is 2. The van der Waals surface area contributed by atoms with Gasteiger partial charge in [-0.2, -0.15) is 4.98 Å². The molecule has 0 spiro atoms. The molecule has 0 saturated heterocycles. The lowest BCUT2D eigenvalue weighted by atomic mass is 9.54. The molecule has 3 aliphatic carbocycles. The van der Waals surface area contributed by atoms with Crippen LogP contribution in [-0.4, -0.2) is 16.0 Å². The van der Waals surface area contributed by atoms with E-state index in [1.807, 2.05) is 0 Å². The Morgan fingerprint density at radius 2 is 2.25 bits per heavy atom. The SMILES string of the molecule is NC(=O)C12CCC(CC1)CC2c1ncno1. The van der Waals surface area contributed by atoms with Crippen molar-refractivity contribution in [3.05, 3.63) is 12.2 Å². The van der Waals surface area contributed by atoms with Crippen molar-refractivity contribution in [2.45, 2.75) is 38.0 Å². The Kier molecular flexibility index (Phi) is 2.02. The van der Waals surface area contributed by atoms with Gasteiger partial charge in [0.05, 0.1) is 11.3 Å². The minimum Gasteiger partial charge on any atom is -0.369 e. The first-order valence-corrected chi connectivity index (χ1v) is 5.79. The van der Waals surface area contributed by atoms with Crippen molar-refractivity contribution in [2.24, 2.45) is 17.1 Å². The van der Waals surface area contributed by atoms with E-state index in [9.17, 15) is 4.79 Å². The van der Waals surface area contributed by atoms with Crippen molar-refractivity contribution in [3.8, 4) is 0 Å². The predicted octanol–water partition coefficient (Wildman–Crippen LogP) is 1.22. The molecule has 5 nitrogen and oxygen atoms in total. The number of rotatable bonds is 2. The van der Waals surface area contributed by atoms with Crippen LogP contribution >= 0.6 is 0 Å². The van der Waals surface area contributed by atoms with E-state index in [4.69, 9.17) is 10.3 Å². The Labute approximate surface area is 93.4 Å². The number of fused-ring (bicyclic) bond motifs is 3. The van der Waals surface area contributed by atoms with Crippen molar-refractivity contribution in [1.82, 2.24) is 10.1 Å². The molecule has 4 rings (SSSR count). The molecule has 3 aliphatic rings. The van der Waals surface area contributed by atoms with Crippen LogP contribution in [0, 0.1) is 11.3 Å². The zero-order valence-electron chi connectivity index (χ0n) is 9.06. The topological polar surface area (TPSA) is 82.0 Å². The third kappa shape index (κ3) is 1.20. The summed E-state index contributed by atoms with van der Waals surface area (Å²) < 4.78 is 5.13. The number of amides is 1. The molecule has 16 heavy (non-hydrogen) atoms. The second-order valence-electron chi connectivity index (χ2n) is 5.03. The van der Waals surface area contributed by atoms with Crippen LogP contribution in [0.2, 0.25) is 0 Å². The number of carbonyl (C=O) groups is 1. The first-order chi connectivity index (χ1) is 7.72.